The second kappa shape index (κ2) is 21.7. The molecule has 4 heterocycles. The molecule has 4 aliphatic heterocycles. The Balaban J connectivity index is 1.33. The first kappa shape index (κ1) is 53.3. The molecular weight excluding hydrogens is 971 g/mol. The Labute approximate surface area is 413 Å². The summed E-state index contributed by atoms with van der Waals surface area (Å²) in [5, 5.41) is 1.98. The molecule has 1 spiro atoms. The van der Waals surface area contributed by atoms with E-state index in [4.69, 9.17) is 41.4 Å². The van der Waals surface area contributed by atoms with E-state index in [1.54, 1.807) is 32.9 Å². The van der Waals surface area contributed by atoms with Gasteiger partial charge in [-0.2, -0.15) is 13.2 Å². The van der Waals surface area contributed by atoms with Gasteiger partial charge in [0.1, 0.15) is 31.5 Å². The topological polar surface area (TPSA) is 154 Å². The molecule has 4 aliphatic rings. The number of ketones is 1. The van der Waals surface area contributed by atoms with Crippen molar-refractivity contribution in [1.29, 1.82) is 0 Å². The van der Waals surface area contributed by atoms with Crippen molar-refractivity contribution in [1.82, 2.24) is 9.99 Å². The number of nitrogens with zero attached hydrogens (tertiary/aromatic N) is 3. The molecule has 1 amide bonds. The number of hydrogen-bond donors (Lipinski definition) is 1. The average molecular weight is 1030 g/mol. The molecule has 0 saturated heterocycles. The van der Waals surface area contributed by atoms with Crippen LogP contribution in [0.4, 0.5) is 18.9 Å². The molecule has 1 N–H and O–H groups in total. The van der Waals surface area contributed by atoms with Crippen LogP contribution >= 0.6 is 27.9 Å². The van der Waals surface area contributed by atoms with Gasteiger partial charge < -0.3 is 38.3 Å². The molecule has 0 aromatic heterocycles. The molecule has 3 atom stereocenters. The number of rotatable bonds is 19. The number of benzene rings is 3. The van der Waals surface area contributed by atoms with Gasteiger partial charge in [-0.3, -0.25) is 23.6 Å². The van der Waals surface area contributed by atoms with Gasteiger partial charge in [-0.25, -0.2) is 11.4 Å². The quantitative estimate of drug-likeness (QED) is 0.0400. The summed E-state index contributed by atoms with van der Waals surface area (Å²) in [5.74, 6) is -2.92. The third-order valence-electron chi connectivity index (χ3n) is 12.7. The van der Waals surface area contributed by atoms with Crippen molar-refractivity contribution >= 4 is 62.5 Å². The highest BCUT2D eigenvalue weighted by Gasteiger charge is 2.56. The zero-order chi connectivity index (χ0) is 50.9. The normalized spacial score (nSPS) is 17.8. The fourth-order valence-corrected chi connectivity index (χ4v) is 13.0. The summed E-state index contributed by atoms with van der Waals surface area (Å²) in [6.07, 6.45) is -1.43. The van der Waals surface area contributed by atoms with Crippen molar-refractivity contribution in [3.8, 4) is 17.2 Å². The first-order valence-electron chi connectivity index (χ1n) is 23.7. The van der Waals surface area contributed by atoms with Crippen LogP contribution in [0, 0.1) is 12.0 Å². The number of halogens is 4. The maximum absolute atomic E-state index is 14.3. The molecule has 3 aromatic rings. The number of hydrogen-bond acceptors (Lipinski definition) is 12. The minimum absolute atomic E-state index is 0.00347. The Hall–Kier alpha value is -4.55. The average Bonchev–Trinajstić information content (AvgIpc) is 3.58. The maximum atomic E-state index is 14.3. The van der Waals surface area contributed by atoms with Crippen molar-refractivity contribution in [2.24, 2.45) is 5.41 Å². The molecule has 0 radical (unpaired) electrons. The zero-order valence-corrected chi connectivity index (χ0v) is 43.2. The molecule has 0 saturated carbocycles. The molecular formula is C50H60ClF3N4O10P2. The van der Waals surface area contributed by atoms with Gasteiger partial charge in [0.05, 0.1) is 23.7 Å². The van der Waals surface area contributed by atoms with Crippen LogP contribution < -0.4 is 25.0 Å². The lowest BCUT2D eigenvalue weighted by Crippen LogP contribution is -2.38. The number of amides is 1. The monoisotopic (exact) mass is 1030 g/mol. The number of fused-ring (bicyclic) bond motifs is 7. The van der Waals surface area contributed by atoms with E-state index in [1.165, 1.54) is 12.1 Å². The molecule has 14 nitrogen and oxygen atoms in total. The van der Waals surface area contributed by atoms with Crippen molar-refractivity contribution in [2.45, 2.75) is 124 Å². The lowest BCUT2D eigenvalue weighted by Gasteiger charge is -2.43. The van der Waals surface area contributed by atoms with Gasteiger partial charge in [-0.1, -0.05) is 11.6 Å². The Morgan fingerprint density at radius 3 is 2.37 bits per heavy atom. The van der Waals surface area contributed by atoms with Crippen molar-refractivity contribution in [2.75, 3.05) is 50.5 Å². The number of esters is 2. The number of carbonyl (C=O) groups excluding carboxylic acids is 4. The molecule has 7 rings (SSSR count). The summed E-state index contributed by atoms with van der Waals surface area (Å²) in [5.41, 5.74) is 2.05. The number of carbonyl (C=O) groups is 4. The summed E-state index contributed by atoms with van der Waals surface area (Å²) in [6.45, 7) is 22.2. The molecule has 0 bridgehead atoms. The summed E-state index contributed by atoms with van der Waals surface area (Å²) in [4.78, 5) is 59.2. The number of alkyl halides is 3. The van der Waals surface area contributed by atoms with Crippen molar-refractivity contribution in [3.05, 3.63) is 85.7 Å². The predicted molar refractivity (Wildman–Crippen MR) is 261 cm³/mol. The first-order chi connectivity index (χ1) is 33.1. The summed E-state index contributed by atoms with van der Waals surface area (Å²) >= 11 is 7.47. The van der Waals surface area contributed by atoms with Crippen LogP contribution in [0.25, 0.3) is 4.85 Å². The lowest BCUT2D eigenvalue weighted by molar-refractivity contribution is -0.173. The van der Waals surface area contributed by atoms with Gasteiger partial charge in [0.25, 0.3) is 0 Å². The Kier molecular flexibility index (Phi) is 16.5. The second-order valence-electron chi connectivity index (χ2n) is 19.5. The van der Waals surface area contributed by atoms with Crippen LogP contribution in [-0.2, 0) is 57.6 Å². The number of nitrogens with one attached hydrogen (secondary N) is 1. The Morgan fingerprint density at radius 1 is 1.00 bits per heavy atom. The number of ether oxygens (including phenoxy) is 3. The van der Waals surface area contributed by atoms with E-state index in [1.807, 2.05) is 39.1 Å². The van der Waals surface area contributed by atoms with Crippen molar-refractivity contribution < 1.29 is 60.2 Å². The number of aryl methyl sites for hydroxylation is 2. The van der Waals surface area contributed by atoms with Crippen LogP contribution in [0.5, 0.6) is 17.2 Å². The minimum Gasteiger partial charge on any atom is -0.454 e. The zero-order valence-electron chi connectivity index (χ0n) is 40.5. The smallest absolute Gasteiger partial charge is 0.454 e. The highest BCUT2D eigenvalue weighted by molar-refractivity contribution is 7.51. The van der Waals surface area contributed by atoms with E-state index < -0.39 is 51.4 Å². The van der Waals surface area contributed by atoms with Gasteiger partial charge in [0.2, 0.25) is 14.6 Å². The highest BCUT2D eigenvalue weighted by Crippen LogP contribution is 2.62. The highest BCUT2D eigenvalue weighted by atomic mass is 35.5. The van der Waals surface area contributed by atoms with Gasteiger partial charge in [0, 0.05) is 71.4 Å². The number of Topliss-reactive ketones (excluding diaryl/α,β-unsaturated/α-hetero) is 1. The Morgan fingerprint density at radius 2 is 1.70 bits per heavy atom. The predicted octanol–water partition coefficient (Wildman–Crippen LogP) is 10.0. The molecule has 0 fully saturated rings. The van der Waals surface area contributed by atoms with Crippen molar-refractivity contribution in [3.63, 3.8) is 0 Å². The van der Waals surface area contributed by atoms with E-state index >= 15 is 0 Å². The standard InChI is InChI=1S/C50H60ClF3N4O10P2/c1-29(2)58(30(3)4)69(64-24-20-55-8)28-33(59)16-15-32-26-39-44(40(51)42(32)67-47(62)48(5,6)7)66-43-36-14-12-22-57-21-11-13-31(41(36)57)25-38(43)49(39)37-27-34(17-18-35(37)45(60)68-49)70(63)65-23-10-9-19-56-46(61)50(52,53)54/h17-18,25-27,29-30,70H,9-16,19-24,28H2,1-7H3,(H,56,61). The summed E-state index contributed by atoms with van der Waals surface area (Å²) < 4.78 is 85.8. The SMILES string of the molecule is [C-]#[N+]CCOP(CC(=O)CCc1cc2c(c(Cl)c1OC(=O)C(C)(C)C)Oc1c(cc3c4c1CCCN4CCC3)C21OC(=O)c2ccc([PH](=O)OCCCCNC(=O)C(F)(F)F)cc21)N(C(C)C)C(C)C. The number of anilines is 1. The summed E-state index contributed by atoms with van der Waals surface area (Å²) in [6, 6.07) is 8.48. The minimum atomic E-state index is -5.00. The van der Waals surface area contributed by atoms with Crippen LogP contribution in [0.3, 0.4) is 0 Å². The first-order valence-corrected chi connectivity index (χ1v) is 26.8. The fraction of sp³-hybridized carbons (Fsp3) is 0.540. The number of unbranched alkanes of at least 4 members (excludes halogenated alkanes) is 1. The fourth-order valence-electron chi connectivity index (χ4n) is 9.60. The van der Waals surface area contributed by atoms with E-state index in [9.17, 15) is 36.9 Å². The van der Waals surface area contributed by atoms with Crippen LogP contribution in [0.2, 0.25) is 5.02 Å². The van der Waals surface area contributed by atoms with E-state index in [0.717, 1.165) is 49.2 Å². The summed E-state index contributed by atoms with van der Waals surface area (Å²) in [7, 11) is -4.46. The molecule has 3 aromatic carbocycles. The second-order valence-corrected chi connectivity index (χ2v) is 23.0. The van der Waals surface area contributed by atoms with Gasteiger partial charge >= 0.3 is 24.0 Å². The Bertz CT molecular complexity index is 2610. The van der Waals surface area contributed by atoms with Gasteiger partial charge in [0.15, 0.2) is 17.1 Å². The molecule has 3 unspecified atom stereocenters. The third-order valence-corrected chi connectivity index (χ3v) is 16.8. The van der Waals surface area contributed by atoms with Crippen LogP contribution in [-0.4, -0.2) is 92.1 Å². The van der Waals surface area contributed by atoms with E-state index in [-0.39, 0.29) is 103 Å². The largest absolute Gasteiger partial charge is 0.471 e. The third kappa shape index (κ3) is 10.9. The molecule has 20 heteroatoms. The molecule has 0 aliphatic carbocycles. The maximum Gasteiger partial charge on any atom is 0.471 e. The van der Waals surface area contributed by atoms with Gasteiger partial charge in [-0.15, -0.1) is 0 Å². The van der Waals surface area contributed by atoms with Gasteiger partial charge in [-0.05, 0) is 135 Å². The van der Waals surface area contributed by atoms with Crippen LogP contribution in [0.1, 0.15) is 124 Å². The van der Waals surface area contributed by atoms with Crippen LogP contribution in [0.15, 0.2) is 30.3 Å². The molecule has 70 heavy (non-hydrogen) atoms. The molecule has 378 valence electrons. The van der Waals surface area contributed by atoms with E-state index in [2.05, 4.69) is 14.4 Å². The van der Waals surface area contributed by atoms with E-state index in [0.29, 0.717) is 34.4 Å². The lowest BCUT2D eigenvalue weighted by atomic mass is 9.74.